The fraction of sp³-hybridized carbons (Fsp3) is 0.250. The Labute approximate surface area is 141 Å². The van der Waals surface area contributed by atoms with Crippen molar-refractivity contribution in [3.05, 3.63) is 71.8 Å². The molecule has 0 heterocycles. The number of carbonyl (C=O) groups excluding carboxylic acids is 3. The molecule has 2 aromatic carbocycles. The largest absolute Gasteiger partial charge is 0.466 e. The predicted octanol–water partition coefficient (Wildman–Crippen LogP) is 3.71. The molecule has 0 spiro atoms. The van der Waals surface area contributed by atoms with Crippen LogP contribution in [0.25, 0.3) is 0 Å². The molecular weight excluding hydrogens is 304 g/mol. The smallest absolute Gasteiger partial charge is 0.305 e. The van der Waals surface area contributed by atoms with Gasteiger partial charge in [0.2, 0.25) is 0 Å². The molecule has 24 heavy (non-hydrogen) atoms. The molecule has 0 aromatic heterocycles. The van der Waals surface area contributed by atoms with Gasteiger partial charge in [-0.05, 0) is 13.3 Å². The number of carbonyl (C=O) groups is 3. The topological polar surface area (TPSA) is 60.4 Å². The lowest BCUT2D eigenvalue weighted by Crippen LogP contribution is -2.25. The van der Waals surface area contributed by atoms with E-state index >= 15 is 0 Å². The maximum Gasteiger partial charge on any atom is 0.305 e. The van der Waals surface area contributed by atoms with Gasteiger partial charge in [-0.25, -0.2) is 0 Å². The summed E-state index contributed by atoms with van der Waals surface area (Å²) in [5, 5.41) is 0. The van der Waals surface area contributed by atoms with Gasteiger partial charge in [0.05, 0.1) is 12.5 Å². The molecule has 0 fully saturated rings. The molecule has 0 atom stereocenters. The van der Waals surface area contributed by atoms with Crippen LogP contribution in [-0.2, 0) is 9.53 Å². The second-order valence-corrected chi connectivity index (χ2v) is 5.36. The van der Waals surface area contributed by atoms with Gasteiger partial charge in [0, 0.05) is 17.5 Å². The highest BCUT2D eigenvalue weighted by Crippen LogP contribution is 2.20. The van der Waals surface area contributed by atoms with E-state index in [1.54, 1.807) is 55.5 Å². The van der Waals surface area contributed by atoms with Gasteiger partial charge in [-0.15, -0.1) is 0 Å². The van der Waals surface area contributed by atoms with E-state index in [0.717, 1.165) is 0 Å². The van der Waals surface area contributed by atoms with Crippen molar-refractivity contribution in [2.75, 3.05) is 6.61 Å². The standard InChI is InChI=1S/C20H20O4/c1-2-24-18(21)14-13-17(19(22)15-9-5-3-6-10-15)20(23)16-11-7-4-8-12-16/h3-12,17H,2,13-14H2,1H3. The monoisotopic (exact) mass is 324 g/mol. The number of hydrogen-bond acceptors (Lipinski definition) is 4. The van der Waals surface area contributed by atoms with Gasteiger partial charge in [0.25, 0.3) is 0 Å². The van der Waals surface area contributed by atoms with Crippen molar-refractivity contribution in [3.8, 4) is 0 Å². The first-order valence-corrected chi connectivity index (χ1v) is 7.97. The molecule has 0 N–H and O–H groups in total. The molecule has 0 amide bonds. The number of esters is 1. The van der Waals surface area contributed by atoms with Gasteiger partial charge >= 0.3 is 5.97 Å². The highest BCUT2D eigenvalue weighted by molar-refractivity contribution is 6.16. The van der Waals surface area contributed by atoms with Crippen LogP contribution in [0.2, 0.25) is 0 Å². The fourth-order valence-electron chi connectivity index (χ4n) is 2.48. The van der Waals surface area contributed by atoms with Crippen LogP contribution in [0.5, 0.6) is 0 Å². The Balaban J connectivity index is 2.22. The lowest BCUT2D eigenvalue weighted by molar-refractivity contribution is -0.143. The molecule has 0 bridgehead atoms. The molecule has 0 radical (unpaired) electrons. The number of Topliss-reactive ketones (excluding diaryl/α,β-unsaturated/α-hetero) is 2. The quantitative estimate of drug-likeness (QED) is 0.422. The Hall–Kier alpha value is -2.75. The third kappa shape index (κ3) is 4.62. The Morgan fingerprint density at radius 2 is 1.29 bits per heavy atom. The van der Waals surface area contributed by atoms with Crippen molar-refractivity contribution in [2.24, 2.45) is 5.92 Å². The summed E-state index contributed by atoms with van der Waals surface area (Å²) in [6, 6.07) is 17.3. The molecule has 0 aliphatic heterocycles. The maximum absolute atomic E-state index is 12.8. The lowest BCUT2D eigenvalue weighted by atomic mass is 9.86. The number of ether oxygens (including phenoxy) is 1. The molecular formula is C20H20O4. The molecule has 2 rings (SSSR count). The Morgan fingerprint density at radius 3 is 1.71 bits per heavy atom. The normalized spacial score (nSPS) is 10.4. The van der Waals surface area contributed by atoms with E-state index in [9.17, 15) is 14.4 Å². The van der Waals surface area contributed by atoms with Crippen molar-refractivity contribution < 1.29 is 19.1 Å². The van der Waals surface area contributed by atoms with Gasteiger partial charge in [-0.2, -0.15) is 0 Å². The average molecular weight is 324 g/mol. The first-order chi connectivity index (χ1) is 11.6. The minimum atomic E-state index is -0.890. The zero-order valence-electron chi connectivity index (χ0n) is 13.6. The van der Waals surface area contributed by atoms with Crippen LogP contribution in [0, 0.1) is 5.92 Å². The Kier molecular flexibility index (Phi) is 6.43. The minimum Gasteiger partial charge on any atom is -0.466 e. The van der Waals surface area contributed by atoms with Crippen LogP contribution in [-0.4, -0.2) is 24.1 Å². The van der Waals surface area contributed by atoms with Crippen LogP contribution < -0.4 is 0 Å². The van der Waals surface area contributed by atoms with Gasteiger partial charge in [-0.1, -0.05) is 60.7 Å². The van der Waals surface area contributed by atoms with Crippen LogP contribution in [0.15, 0.2) is 60.7 Å². The van der Waals surface area contributed by atoms with Crippen LogP contribution >= 0.6 is 0 Å². The number of rotatable bonds is 8. The molecule has 0 aliphatic carbocycles. The highest BCUT2D eigenvalue weighted by Gasteiger charge is 2.29. The SMILES string of the molecule is CCOC(=O)CCC(C(=O)c1ccccc1)C(=O)c1ccccc1. The summed E-state index contributed by atoms with van der Waals surface area (Å²) >= 11 is 0. The summed E-state index contributed by atoms with van der Waals surface area (Å²) in [6.45, 7) is 2.00. The summed E-state index contributed by atoms with van der Waals surface area (Å²) in [6.07, 6.45) is 0.177. The first-order valence-electron chi connectivity index (χ1n) is 7.97. The molecule has 0 aliphatic rings. The van der Waals surface area contributed by atoms with Crippen molar-refractivity contribution in [1.82, 2.24) is 0 Å². The van der Waals surface area contributed by atoms with Gasteiger partial charge < -0.3 is 4.74 Å². The fourth-order valence-corrected chi connectivity index (χ4v) is 2.48. The molecule has 0 saturated heterocycles. The third-order valence-electron chi connectivity index (χ3n) is 3.69. The molecule has 4 heteroatoms. The Bertz CT molecular complexity index is 641. The summed E-state index contributed by atoms with van der Waals surface area (Å²) < 4.78 is 4.90. The summed E-state index contributed by atoms with van der Waals surface area (Å²) in [4.78, 5) is 37.1. The van der Waals surface area contributed by atoms with E-state index in [1.165, 1.54) is 0 Å². The van der Waals surface area contributed by atoms with Crippen molar-refractivity contribution >= 4 is 17.5 Å². The summed E-state index contributed by atoms with van der Waals surface area (Å²) in [5.41, 5.74) is 0.936. The van der Waals surface area contributed by atoms with Crippen molar-refractivity contribution in [1.29, 1.82) is 0 Å². The third-order valence-corrected chi connectivity index (χ3v) is 3.69. The average Bonchev–Trinajstić information content (AvgIpc) is 2.63. The minimum absolute atomic E-state index is 0.0374. The molecule has 124 valence electrons. The van der Waals surface area contributed by atoms with Crippen molar-refractivity contribution in [2.45, 2.75) is 19.8 Å². The second kappa shape index (κ2) is 8.77. The van der Waals surface area contributed by atoms with Gasteiger partial charge in [-0.3, -0.25) is 14.4 Å². The number of hydrogen-bond donors (Lipinski definition) is 0. The van der Waals surface area contributed by atoms with Crippen LogP contribution in [0.3, 0.4) is 0 Å². The molecule has 2 aromatic rings. The first kappa shape index (κ1) is 17.6. The molecule has 0 saturated carbocycles. The van der Waals surface area contributed by atoms with E-state index < -0.39 is 11.9 Å². The second-order valence-electron chi connectivity index (χ2n) is 5.36. The number of ketones is 2. The lowest BCUT2D eigenvalue weighted by Gasteiger charge is -2.15. The highest BCUT2D eigenvalue weighted by atomic mass is 16.5. The van der Waals surface area contributed by atoms with Crippen LogP contribution in [0.1, 0.15) is 40.5 Å². The van der Waals surface area contributed by atoms with Gasteiger partial charge in [0.1, 0.15) is 0 Å². The zero-order chi connectivity index (χ0) is 17.4. The predicted molar refractivity (Wildman–Crippen MR) is 90.9 cm³/mol. The Morgan fingerprint density at radius 1 is 0.833 bits per heavy atom. The van der Waals surface area contributed by atoms with Gasteiger partial charge in [0.15, 0.2) is 11.6 Å². The van der Waals surface area contributed by atoms with E-state index in [2.05, 4.69) is 0 Å². The zero-order valence-corrected chi connectivity index (χ0v) is 13.6. The number of benzene rings is 2. The molecule has 4 nitrogen and oxygen atoms in total. The molecule has 0 unspecified atom stereocenters. The van der Waals surface area contributed by atoms with E-state index in [1.807, 2.05) is 12.1 Å². The van der Waals surface area contributed by atoms with Crippen molar-refractivity contribution in [3.63, 3.8) is 0 Å². The van der Waals surface area contributed by atoms with E-state index in [0.29, 0.717) is 11.1 Å². The van der Waals surface area contributed by atoms with E-state index in [-0.39, 0.29) is 31.0 Å². The van der Waals surface area contributed by atoms with Crippen LogP contribution in [0.4, 0.5) is 0 Å². The maximum atomic E-state index is 12.8. The summed E-state index contributed by atoms with van der Waals surface area (Å²) in [5.74, 6) is -1.83. The summed E-state index contributed by atoms with van der Waals surface area (Å²) in [7, 11) is 0. The van der Waals surface area contributed by atoms with E-state index in [4.69, 9.17) is 4.74 Å².